The number of rotatable bonds is 7. The number of carbonyl (C=O) groups excluding carboxylic acids is 2. The van der Waals surface area contributed by atoms with Gasteiger partial charge in [-0.15, -0.1) is 0 Å². The lowest BCUT2D eigenvalue weighted by atomic mass is 10.2. The first-order chi connectivity index (χ1) is 12.0. The Hall–Kier alpha value is -2.89. The molecule has 2 rings (SSSR count). The minimum absolute atomic E-state index is 0.0428. The normalized spacial score (nSPS) is 12.1. The third-order valence-electron chi connectivity index (χ3n) is 3.83. The van der Waals surface area contributed by atoms with Gasteiger partial charge in [-0.2, -0.15) is 0 Å². The van der Waals surface area contributed by atoms with Crippen LogP contribution in [0.25, 0.3) is 6.08 Å². The Balaban J connectivity index is 2.03. The van der Waals surface area contributed by atoms with Crippen LogP contribution in [0.1, 0.15) is 31.6 Å². The van der Waals surface area contributed by atoms with Crippen molar-refractivity contribution in [3.05, 3.63) is 53.8 Å². The lowest BCUT2D eigenvalue weighted by Crippen LogP contribution is -2.42. The Morgan fingerprint density at radius 3 is 2.64 bits per heavy atom. The van der Waals surface area contributed by atoms with E-state index in [2.05, 4.69) is 10.5 Å². The van der Waals surface area contributed by atoms with Crippen molar-refractivity contribution in [3.8, 4) is 0 Å². The second kappa shape index (κ2) is 8.82. The summed E-state index contributed by atoms with van der Waals surface area (Å²) < 4.78 is 4.92. The summed E-state index contributed by atoms with van der Waals surface area (Å²) in [4.78, 5) is 26.3. The number of anilines is 1. The average molecular weight is 341 g/mol. The zero-order valence-electron chi connectivity index (χ0n) is 14.7. The summed E-state index contributed by atoms with van der Waals surface area (Å²) in [5.74, 6) is 0.439. The summed E-state index contributed by atoms with van der Waals surface area (Å²) in [6.07, 6.45) is 3.99. The molecule has 1 N–H and O–H groups in total. The van der Waals surface area contributed by atoms with E-state index in [1.807, 2.05) is 44.2 Å². The van der Waals surface area contributed by atoms with E-state index in [0.717, 1.165) is 12.0 Å². The molecule has 2 amide bonds. The number of benzene rings is 1. The number of aromatic nitrogens is 1. The van der Waals surface area contributed by atoms with Crippen LogP contribution < -0.4 is 5.32 Å². The van der Waals surface area contributed by atoms with Gasteiger partial charge >= 0.3 is 0 Å². The first kappa shape index (κ1) is 18.4. The second-order valence-electron chi connectivity index (χ2n) is 5.84. The molecule has 0 saturated carbocycles. The van der Waals surface area contributed by atoms with E-state index in [1.165, 1.54) is 6.08 Å². The number of hydrogen-bond donors (Lipinski definition) is 1. The van der Waals surface area contributed by atoms with Gasteiger partial charge < -0.3 is 14.7 Å². The number of carbonyl (C=O) groups is 2. The van der Waals surface area contributed by atoms with Crippen LogP contribution in [0.4, 0.5) is 5.82 Å². The molecule has 6 nitrogen and oxygen atoms in total. The maximum Gasteiger partial charge on any atom is 0.247 e. The van der Waals surface area contributed by atoms with E-state index in [1.54, 1.807) is 24.0 Å². The van der Waals surface area contributed by atoms with Gasteiger partial charge in [-0.05, 0) is 31.9 Å². The molecule has 0 aliphatic rings. The predicted octanol–water partition coefficient (Wildman–Crippen LogP) is 3.26. The SMILES string of the molecule is CC[C@@H](C)N(CC(=O)Nc1cc(C)on1)C(=O)/C=C/c1ccccc1. The van der Waals surface area contributed by atoms with Crippen LogP contribution in [0, 0.1) is 6.92 Å². The van der Waals surface area contributed by atoms with E-state index in [4.69, 9.17) is 4.52 Å². The largest absolute Gasteiger partial charge is 0.360 e. The van der Waals surface area contributed by atoms with Crippen molar-refractivity contribution in [1.82, 2.24) is 10.1 Å². The van der Waals surface area contributed by atoms with Gasteiger partial charge in [-0.25, -0.2) is 0 Å². The first-order valence-corrected chi connectivity index (χ1v) is 8.26. The van der Waals surface area contributed by atoms with Crippen molar-refractivity contribution in [2.24, 2.45) is 0 Å². The fraction of sp³-hybridized carbons (Fsp3) is 0.316. The highest BCUT2D eigenvalue weighted by Gasteiger charge is 2.20. The Morgan fingerprint density at radius 1 is 1.32 bits per heavy atom. The van der Waals surface area contributed by atoms with Crippen molar-refractivity contribution in [2.45, 2.75) is 33.2 Å². The minimum Gasteiger partial charge on any atom is -0.360 e. The number of aryl methyl sites for hydroxylation is 1. The monoisotopic (exact) mass is 341 g/mol. The Bertz CT molecular complexity index is 737. The zero-order valence-corrected chi connectivity index (χ0v) is 14.7. The number of nitrogens with zero attached hydrogens (tertiary/aromatic N) is 2. The van der Waals surface area contributed by atoms with Crippen molar-refractivity contribution in [2.75, 3.05) is 11.9 Å². The molecular formula is C19H23N3O3. The van der Waals surface area contributed by atoms with Crippen LogP contribution in [-0.2, 0) is 9.59 Å². The van der Waals surface area contributed by atoms with Gasteiger partial charge in [-0.1, -0.05) is 42.4 Å². The summed E-state index contributed by atoms with van der Waals surface area (Å²) in [6, 6.07) is 11.1. The smallest absolute Gasteiger partial charge is 0.247 e. The Kier molecular flexibility index (Phi) is 6.51. The van der Waals surface area contributed by atoms with Gasteiger partial charge in [-0.3, -0.25) is 9.59 Å². The van der Waals surface area contributed by atoms with Crippen LogP contribution in [0.3, 0.4) is 0 Å². The molecule has 1 aromatic heterocycles. The standard InChI is InChI=1S/C19H23N3O3/c1-4-14(2)22(13-18(23)20-17-12-15(3)25-21-17)19(24)11-10-16-8-6-5-7-9-16/h5-12,14H,4,13H2,1-3H3,(H,20,21,23)/b11-10+/t14-/m1/s1. The van der Waals surface area contributed by atoms with E-state index in [0.29, 0.717) is 11.6 Å². The molecule has 0 bridgehead atoms. The topological polar surface area (TPSA) is 75.4 Å². The molecule has 0 aliphatic heterocycles. The van der Waals surface area contributed by atoms with Crippen LogP contribution in [0.5, 0.6) is 0 Å². The maximum atomic E-state index is 12.5. The molecule has 25 heavy (non-hydrogen) atoms. The molecule has 0 spiro atoms. The van der Waals surface area contributed by atoms with Crippen molar-refractivity contribution in [1.29, 1.82) is 0 Å². The van der Waals surface area contributed by atoms with E-state index < -0.39 is 0 Å². The van der Waals surface area contributed by atoms with Gasteiger partial charge in [0.05, 0.1) is 0 Å². The van der Waals surface area contributed by atoms with E-state index >= 15 is 0 Å². The molecule has 0 fully saturated rings. The van der Waals surface area contributed by atoms with Crippen LogP contribution in [0.2, 0.25) is 0 Å². The molecule has 0 unspecified atom stereocenters. The third kappa shape index (κ3) is 5.60. The van der Waals surface area contributed by atoms with Gasteiger partial charge in [0.15, 0.2) is 5.82 Å². The molecule has 0 radical (unpaired) electrons. The quantitative estimate of drug-likeness (QED) is 0.784. The molecule has 2 aromatic rings. The van der Waals surface area contributed by atoms with Gasteiger partial charge in [0.2, 0.25) is 11.8 Å². The van der Waals surface area contributed by atoms with Gasteiger partial charge in [0.1, 0.15) is 12.3 Å². The van der Waals surface area contributed by atoms with E-state index in [-0.39, 0.29) is 24.4 Å². The summed E-state index contributed by atoms with van der Waals surface area (Å²) in [6.45, 7) is 5.59. The molecule has 1 aromatic carbocycles. The van der Waals surface area contributed by atoms with Gasteiger partial charge in [0.25, 0.3) is 0 Å². The lowest BCUT2D eigenvalue weighted by Gasteiger charge is -2.26. The highest BCUT2D eigenvalue weighted by atomic mass is 16.5. The second-order valence-corrected chi connectivity index (χ2v) is 5.84. The van der Waals surface area contributed by atoms with Crippen molar-refractivity contribution >= 4 is 23.7 Å². The van der Waals surface area contributed by atoms with Crippen molar-refractivity contribution in [3.63, 3.8) is 0 Å². The molecule has 6 heteroatoms. The molecule has 0 saturated heterocycles. The fourth-order valence-corrected chi connectivity index (χ4v) is 2.26. The summed E-state index contributed by atoms with van der Waals surface area (Å²) in [7, 11) is 0. The summed E-state index contributed by atoms with van der Waals surface area (Å²) in [5.41, 5.74) is 0.933. The molecule has 1 atom stereocenters. The van der Waals surface area contributed by atoms with Crippen LogP contribution in [0.15, 0.2) is 47.0 Å². The van der Waals surface area contributed by atoms with Crippen molar-refractivity contribution < 1.29 is 14.1 Å². The first-order valence-electron chi connectivity index (χ1n) is 8.26. The average Bonchev–Trinajstić information content (AvgIpc) is 3.02. The molecular weight excluding hydrogens is 318 g/mol. The maximum absolute atomic E-state index is 12.5. The summed E-state index contributed by atoms with van der Waals surface area (Å²) in [5, 5.41) is 6.36. The Labute approximate surface area is 147 Å². The summed E-state index contributed by atoms with van der Waals surface area (Å²) >= 11 is 0. The third-order valence-corrected chi connectivity index (χ3v) is 3.83. The molecule has 1 heterocycles. The lowest BCUT2D eigenvalue weighted by molar-refractivity contribution is -0.132. The zero-order chi connectivity index (χ0) is 18.2. The number of nitrogens with one attached hydrogen (secondary N) is 1. The van der Waals surface area contributed by atoms with Gasteiger partial charge in [0, 0.05) is 18.2 Å². The molecule has 0 aliphatic carbocycles. The minimum atomic E-state index is -0.310. The van der Waals surface area contributed by atoms with Crippen LogP contribution >= 0.6 is 0 Å². The Morgan fingerprint density at radius 2 is 2.04 bits per heavy atom. The molecule has 132 valence electrons. The predicted molar refractivity (Wildman–Crippen MR) is 96.8 cm³/mol. The highest BCUT2D eigenvalue weighted by Crippen LogP contribution is 2.10. The van der Waals surface area contributed by atoms with E-state index in [9.17, 15) is 9.59 Å². The van der Waals surface area contributed by atoms with Crippen LogP contribution in [-0.4, -0.2) is 34.5 Å². The number of amides is 2. The fourth-order valence-electron chi connectivity index (χ4n) is 2.26. The number of hydrogen-bond acceptors (Lipinski definition) is 4. The highest BCUT2D eigenvalue weighted by molar-refractivity contribution is 5.97.